The van der Waals surface area contributed by atoms with Crippen molar-refractivity contribution >= 4 is 16.9 Å². The number of nitrogens with one attached hydrogen (secondary N) is 1. The first-order valence-corrected chi connectivity index (χ1v) is 8.47. The van der Waals surface area contributed by atoms with Crippen LogP contribution in [0.4, 0.5) is 0 Å². The van der Waals surface area contributed by atoms with Crippen LogP contribution in [0, 0.1) is 19.8 Å². The molecular formula is C16H26N2OS. The number of aryl methyl sites for hydroxylation is 2. The van der Waals surface area contributed by atoms with Crippen LogP contribution >= 0.6 is 11.8 Å². The first-order valence-electron chi connectivity index (χ1n) is 7.59. The highest BCUT2D eigenvalue weighted by molar-refractivity contribution is 8.14. The summed E-state index contributed by atoms with van der Waals surface area (Å²) < 4.78 is 5.61. The fourth-order valence-electron chi connectivity index (χ4n) is 2.87. The van der Waals surface area contributed by atoms with Crippen LogP contribution in [-0.4, -0.2) is 17.0 Å². The molecule has 112 valence electrons. The van der Waals surface area contributed by atoms with Gasteiger partial charge in [-0.1, -0.05) is 38.5 Å². The number of amidine groups is 1. The molecule has 2 heterocycles. The van der Waals surface area contributed by atoms with Crippen molar-refractivity contribution in [2.24, 2.45) is 10.9 Å². The minimum Gasteiger partial charge on any atom is -0.466 e. The molecule has 2 atom stereocenters. The summed E-state index contributed by atoms with van der Waals surface area (Å²) in [5, 5.41) is 5.27. The molecule has 1 aromatic heterocycles. The Morgan fingerprint density at radius 1 is 1.40 bits per heavy atom. The molecule has 0 fully saturated rings. The van der Waals surface area contributed by atoms with Crippen molar-refractivity contribution in [1.82, 2.24) is 5.32 Å². The lowest BCUT2D eigenvalue weighted by Crippen LogP contribution is -2.24. The Bertz CT molecular complexity index is 477. The van der Waals surface area contributed by atoms with Gasteiger partial charge in [-0.3, -0.25) is 4.99 Å². The average molecular weight is 294 g/mol. The Morgan fingerprint density at radius 2 is 2.10 bits per heavy atom. The SMILES string of the molecule is CCC(CC)C1CN=C(NC(C)c2cc(C)oc2C)S1. The van der Waals surface area contributed by atoms with E-state index in [1.165, 1.54) is 18.4 Å². The zero-order chi connectivity index (χ0) is 14.7. The Labute approximate surface area is 126 Å². The van der Waals surface area contributed by atoms with Crippen LogP contribution in [-0.2, 0) is 0 Å². The molecule has 1 N–H and O–H groups in total. The normalized spacial score (nSPS) is 20.3. The van der Waals surface area contributed by atoms with Gasteiger partial charge in [0.25, 0.3) is 0 Å². The van der Waals surface area contributed by atoms with E-state index in [-0.39, 0.29) is 6.04 Å². The number of thioether (sulfide) groups is 1. The van der Waals surface area contributed by atoms with Gasteiger partial charge in [0.1, 0.15) is 11.5 Å². The number of aliphatic imine (C=N–C) groups is 1. The minimum atomic E-state index is 0.249. The standard InChI is InChI=1S/C16H26N2OS/c1-6-13(7-2)15-9-17-16(20-15)18-11(4)14-8-10(3)19-12(14)5/h8,11,13,15H,6-7,9H2,1-5H3,(H,17,18). The van der Waals surface area contributed by atoms with Crippen LogP contribution < -0.4 is 5.32 Å². The highest BCUT2D eigenvalue weighted by atomic mass is 32.2. The van der Waals surface area contributed by atoms with E-state index >= 15 is 0 Å². The van der Waals surface area contributed by atoms with Crippen LogP contribution in [0.3, 0.4) is 0 Å². The van der Waals surface area contributed by atoms with Crippen molar-refractivity contribution in [3.63, 3.8) is 0 Å². The van der Waals surface area contributed by atoms with Gasteiger partial charge in [0.15, 0.2) is 5.17 Å². The summed E-state index contributed by atoms with van der Waals surface area (Å²) in [6, 6.07) is 2.37. The lowest BCUT2D eigenvalue weighted by molar-refractivity contribution is 0.479. The summed E-state index contributed by atoms with van der Waals surface area (Å²) >= 11 is 1.91. The smallest absolute Gasteiger partial charge is 0.157 e. The summed E-state index contributed by atoms with van der Waals surface area (Å²) in [6.45, 7) is 11.7. The fraction of sp³-hybridized carbons (Fsp3) is 0.688. The number of hydrogen-bond donors (Lipinski definition) is 1. The van der Waals surface area contributed by atoms with E-state index in [0.717, 1.165) is 29.2 Å². The lowest BCUT2D eigenvalue weighted by Gasteiger charge is -2.19. The Hall–Kier alpha value is -0.900. The summed E-state index contributed by atoms with van der Waals surface area (Å²) in [5.41, 5.74) is 1.23. The number of furan rings is 1. The highest BCUT2D eigenvalue weighted by Crippen LogP contribution is 2.31. The second-order valence-electron chi connectivity index (χ2n) is 5.61. The number of nitrogens with zero attached hydrogens (tertiary/aromatic N) is 1. The van der Waals surface area contributed by atoms with Gasteiger partial charge in [0, 0.05) is 10.8 Å². The molecule has 0 spiro atoms. The first kappa shape index (κ1) is 15.5. The highest BCUT2D eigenvalue weighted by Gasteiger charge is 2.27. The molecule has 1 aliphatic rings. The largest absolute Gasteiger partial charge is 0.466 e. The maximum atomic E-state index is 5.61. The van der Waals surface area contributed by atoms with Crippen molar-refractivity contribution < 1.29 is 4.42 Å². The monoisotopic (exact) mass is 294 g/mol. The van der Waals surface area contributed by atoms with E-state index in [9.17, 15) is 0 Å². The maximum Gasteiger partial charge on any atom is 0.157 e. The van der Waals surface area contributed by atoms with Crippen LogP contribution in [0.1, 0.15) is 56.7 Å². The molecule has 1 aromatic rings. The molecule has 3 nitrogen and oxygen atoms in total. The molecule has 1 aliphatic heterocycles. The number of hydrogen-bond acceptors (Lipinski definition) is 4. The third-order valence-electron chi connectivity index (χ3n) is 4.14. The van der Waals surface area contributed by atoms with Gasteiger partial charge in [-0.2, -0.15) is 0 Å². The van der Waals surface area contributed by atoms with E-state index in [4.69, 9.17) is 4.42 Å². The summed E-state index contributed by atoms with van der Waals surface area (Å²) in [6.07, 6.45) is 2.49. The van der Waals surface area contributed by atoms with Gasteiger partial charge in [-0.25, -0.2) is 0 Å². The third-order valence-corrected chi connectivity index (χ3v) is 5.45. The minimum absolute atomic E-state index is 0.249. The molecule has 0 amide bonds. The van der Waals surface area contributed by atoms with Crippen LogP contribution in [0.5, 0.6) is 0 Å². The van der Waals surface area contributed by atoms with Gasteiger partial charge >= 0.3 is 0 Å². The van der Waals surface area contributed by atoms with E-state index < -0.39 is 0 Å². The first-order chi connectivity index (χ1) is 9.55. The quantitative estimate of drug-likeness (QED) is 0.871. The predicted molar refractivity (Wildman–Crippen MR) is 87.5 cm³/mol. The Morgan fingerprint density at radius 3 is 2.65 bits per heavy atom. The van der Waals surface area contributed by atoms with Crippen molar-refractivity contribution in [1.29, 1.82) is 0 Å². The van der Waals surface area contributed by atoms with Crippen LogP contribution in [0.25, 0.3) is 0 Å². The zero-order valence-electron chi connectivity index (χ0n) is 13.2. The van der Waals surface area contributed by atoms with Gasteiger partial charge in [0.2, 0.25) is 0 Å². The summed E-state index contributed by atoms with van der Waals surface area (Å²) in [7, 11) is 0. The summed E-state index contributed by atoms with van der Waals surface area (Å²) in [5.74, 6) is 2.75. The predicted octanol–water partition coefficient (Wildman–Crippen LogP) is 4.45. The summed E-state index contributed by atoms with van der Waals surface area (Å²) in [4.78, 5) is 4.67. The van der Waals surface area contributed by atoms with Crippen molar-refractivity contribution in [3.8, 4) is 0 Å². The lowest BCUT2D eigenvalue weighted by atomic mass is 9.99. The Kier molecular flexibility index (Phi) is 5.19. The average Bonchev–Trinajstić information content (AvgIpc) is 2.98. The number of rotatable bonds is 5. The molecule has 0 aromatic carbocycles. The van der Waals surface area contributed by atoms with Crippen LogP contribution in [0.15, 0.2) is 15.5 Å². The molecule has 0 radical (unpaired) electrons. The van der Waals surface area contributed by atoms with E-state index in [2.05, 4.69) is 37.1 Å². The van der Waals surface area contributed by atoms with Gasteiger partial charge in [0.05, 0.1) is 12.6 Å². The van der Waals surface area contributed by atoms with Gasteiger partial charge in [-0.05, 0) is 32.8 Å². The molecule has 2 rings (SSSR count). The fourth-order valence-corrected chi connectivity index (χ4v) is 4.28. The molecule has 4 heteroatoms. The second kappa shape index (κ2) is 6.70. The zero-order valence-corrected chi connectivity index (χ0v) is 14.0. The van der Waals surface area contributed by atoms with E-state index in [1.807, 2.05) is 25.6 Å². The van der Waals surface area contributed by atoms with E-state index in [1.54, 1.807) is 0 Å². The van der Waals surface area contributed by atoms with Gasteiger partial charge in [-0.15, -0.1) is 0 Å². The van der Waals surface area contributed by atoms with Crippen LogP contribution in [0.2, 0.25) is 0 Å². The third kappa shape index (κ3) is 3.40. The van der Waals surface area contributed by atoms with Crippen molar-refractivity contribution in [3.05, 3.63) is 23.2 Å². The molecule has 2 unspecified atom stereocenters. The second-order valence-corrected chi connectivity index (χ2v) is 6.84. The molecule has 0 saturated heterocycles. The Balaban J connectivity index is 1.93. The molecule has 0 saturated carbocycles. The molecular weight excluding hydrogens is 268 g/mol. The van der Waals surface area contributed by atoms with E-state index in [0.29, 0.717) is 5.25 Å². The van der Waals surface area contributed by atoms with Gasteiger partial charge < -0.3 is 9.73 Å². The molecule has 20 heavy (non-hydrogen) atoms. The van der Waals surface area contributed by atoms with Crippen molar-refractivity contribution in [2.75, 3.05) is 6.54 Å². The molecule has 0 bridgehead atoms. The molecule has 0 aliphatic carbocycles. The maximum absolute atomic E-state index is 5.61. The van der Waals surface area contributed by atoms with Crippen molar-refractivity contribution in [2.45, 2.75) is 58.8 Å². The topological polar surface area (TPSA) is 37.5 Å².